The van der Waals surface area contributed by atoms with E-state index in [1.807, 2.05) is 26.0 Å². The Labute approximate surface area is 101 Å². The minimum Gasteiger partial charge on any atom is -0.388 e. The molecule has 0 fully saturated rings. The van der Waals surface area contributed by atoms with E-state index >= 15 is 0 Å². The van der Waals surface area contributed by atoms with Crippen LogP contribution in [0.1, 0.15) is 37.3 Å². The number of benzene rings is 1. The largest absolute Gasteiger partial charge is 0.388 e. The Kier molecular flexibility index (Phi) is 4.63. The monoisotopic (exact) mass is 237 g/mol. The van der Waals surface area contributed by atoms with Crippen LogP contribution in [0.5, 0.6) is 0 Å². The van der Waals surface area contributed by atoms with Gasteiger partial charge in [-0.3, -0.25) is 10.1 Å². The molecule has 0 amide bonds. The zero-order valence-corrected chi connectivity index (χ0v) is 10.3. The van der Waals surface area contributed by atoms with Crippen molar-refractivity contribution in [1.82, 2.24) is 0 Å². The van der Waals surface area contributed by atoms with Gasteiger partial charge >= 0.3 is 0 Å². The van der Waals surface area contributed by atoms with Crippen molar-refractivity contribution in [3.05, 3.63) is 45.5 Å². The number of nitrogens with zero attached hydrogens (tertiary/aromatic N) is 1. The number of hydrogen-bond acceptors (Lipinski definition) is 3. The summed E-state index contributed by atoms with van der Waals surface area (Å²) in [6.07, 6.45) is 1.98. The number of nitro groups is 1. The van der Waals surface area contributed by atoms with Gasteiger partial charge in [0.05, 0.1) is 0 Å². The molecule has 1 aromatic rings. The van der Waals surface area contributed by atoms with Crippen molar-refractivity contribution in [2.45, 2.75) is 38.6 Å². The van der Waals surface area contributed by atoms with Gasteiger partial charge in [0.2, 0.25) is 0 Å². The van der Waals surface area contributed by atoms with Gasteiger partial charge in [-0.2, -0.15) is 0 Å². The van der Waals surface area contributed by atoms with Crippen molar-refractivity contribution in [2.24, 2.45) is 0 Å². The number of aliphatic hydroxyl groups excluding tert-OH is 1. The van der Waals surface area contributed by atoms with Crippen LogP contribution in [0.3, 0.4) is 0 Å². The van der Waals surface area contributed by atoms with Gasteiger partial charge in [0.25, 0.3) is 5.54 Å². The molecule has 1 N–H and O–H groups in total. The zero-order valence-electron chi connectivity index (χ0n) is 10.3. The van der Waals surface area contributed by atoms with Crippen LogP contribution in [0, 0.1) is 17.0 Å². The van der Waals surface area contributed by atoms with E-state index in [9.17, 15) is 15.2 Å². The molecule has 4 nitrogen and oxygen atoms in total. The van der Waals surface area contributed by atoms with E-state index in [2.05, 4.69) is 0 Å². The molecular formula is C13H19NO3. The summed E-state index contributed by atoms with van der Waals surface area (Å²) in [6.45, 7) is 3.46. The third-order valence-electron chi connectivity index (χ3n) is 3.14. The van der Waals surface area contributed by atoms with Crippen LogP contribution in [-0.4, -0.2) is 16.6 Å². The lowest BCUT2D eigenvalue weighted by Crippen LogP contribution is -2.39. The quantitative estimate of drug-likeness (QED) is 0.611. The van der Waals surface area contributed by atoms with Gasteiger partial charge in [-0.15, -0.1) is 0 Å². The summed E-state index contributed by atoms with van der Waals surface area (Å²) in [6, 6.07) is 7.17. The summed E-state index contributed by atoms with van der Waals surface area (Å²) in [5.74, 6) is 0. The molecule has 94 valence electrons. The third kappa shape index (κ3) is 2.82. The molecule has 0 aliphatic carbocycles. The fourth-order valence-electron chi connectivity index (χ4n) is 1.90. The Balaban J connectivity index is 3.12. The lowest BCUT2D eigenvalue weighted by molar-refractivity contribution is -0.584. The second-order valence-electron chi connectivity index (χ2n) is 4.42. The number of hydrogen-bond donors (Lipinski definition) is 1. The molecule has 1 rings (SSSR count). The van der Waals surface area contributed by atoms with E-state index in [0.717, 1.165) is 18.4 Å². The van der Waals surface area contributed by atoms with Gasteiger partial charge in [0.1, 0.15) is 6.61 Å². The average molecular weight is 237 g/mol. The van der Waals surface area contributed by atoms with Crippen LogP contribution in [0.15, 0.2) is 24.3 Å². The normalized spacial score (nSPS) is 14.3. The molecule has 0 radical (unpaired) electrons. The highest BCUT2D eigenvalue weighted by molar-refractivity contribution is 5.26. The third-order valence-corrected chi connectivity index (χ3v) is 3.14. The second-order valence-corrected chi connectivity index (χ2v) is 4.42. The van der Waals surface area contributed by atoms with E-state index in [4.69, 9.17) is 0 Å². The van der Waals surface area contributed by atoms with Gasteiger partial charge in [-0.05, 0) is 13.3 Å². The molecule has 4 heteroatoms. The van der Waals surface area contributed by atoms with Crippen molar-refractivity contribution in [1.29, 1.82) is 0 Å². The van der Waals surface area contributed by atoms with Crippen molar-refractivity contribution >= 4 is 0 Å². The molecule has 0 aromatic heterocycles. The fraction of sp³-hybridized carbons (Fsp3) is 0.538. The highest BCUT2D eigenvalue weighted by Crippen LogP contribution is 2.30. The fourth-order valence-corrected chi connectivity index (χ4v) is 1.90. The SMILES string of the molecule is CCCCC(CO)(c1ccc(C)cc1)[N+](=O)[O-]. The van der Waals surface area contributed by atoms with E-state index in [1.54, 1.807) is 12.1 Å². The predicted octanol–water partition coefficient (Wildman–Crippen LogP) is 2.65. The first kappa shape index (κ1) is 13.6. The molecule has 0 aliphatic heterocycles. The van der Waals surface area contributed by atoms with Gasteiger partial charge in [0.15, 0.2) is 0 Å². The zero-order chi connectivity index (χ0) is 12.9. The Morgan fingerprint density at radius 2 is 1.94 bits per heavy atom. The molecule has 0 saturated carbocycles. The van der Waals surface area contributed by atoms with Crippen LogP contribution < -0.4 is 0 Å². The molecule has 0 saturated heterocycles. The van der Waals surface area contributed by atoms with E-state index in [1.165, 1.54) is 0 Å². The smallest absolute Gasteiger partial charge is 0.269 e. The Morgan fingerprint density at radius 1 is 1.35 bits per heavy atom. The molecule has 0 heterocycles. The number of rotatable bonds is 6. The molecule has 0 bridgehead atoms. The number of aryl methyl sites for hydroxylation is 1. The summed E-state index contributed by atoms with van der Waals surface area (Å²) >= 11 is 0. The topological polar surface area (TPSA) is 63.4 Å². The lowest BCUT2D eigenvalue weighted by atomic mass is 9.86. The number of aliphatic hydroxyl groups is 1. The van der Waals surface area contributed by atoms with Gasteiger partial charge in [-0.1, -0.05) is 43.2 Å². The minimum atomic E-state index is -1.34. The molecule has 1 atom stereocenters. The molecule has 1 unspecified atom stereocenters. The van der Waals surface area contributed by atoms with Crippen LogP contribution >= 0.6 is 0 Å². The Morgan fingerprint density at radius 3 is 2.35 bits per heavy atom. The summed E-state index contributed by atoms with van der Waals surface area (Å²) < 4.78 is 0. The Hall–Kier alpha value is -1.42. The standard InChI is InChI=1S/C13H19NO3/c1-3-4-9-13(10-15,14(16)17)12-7-5-11(2)6-8-12/h5-8,15H,3-4,9-10H2,1-2H3. The lowest BCUT2D eigenvalue weighted by Gasteiger charge is -2.23. The van der Waals surface area contributed by atoms with Gasteiger partial charge in [-0.25, -0.2) is 0 Å². The maximum atomic E-state index is 11.3. The summed E-state index contributed by atoms with van der Waals surface area (Å²) in [7, 11) is 0. The summed E-state index contributed by atoms with van der Waals surface area (Å²) in [5, 5.41) is 20.7. The van der Waals surface area contributed by atoms with Crippen LogP contribution in [0.4, 0.5) is 0 Å². The molecule has 17 heavy (non-hydrogen) atoms. The molecular weight excluding hydrogens is 218 g/mol. The maximum Gasteiger partial charge on any atom is 0.269 e. The van der Waals surface area contributed by atoms with Crippen molar-refractivity contribution in [3.63, 3.8) is 0 Å². The molecule has 0 aliphatic rings. The van der Waals surface area contributed by atoms with Crippen LogP contribution in [0.2, 0.25) is 0 Å². The van der Waals surface area contributed by atoms with Gasteiger partial charge < -0.3 is 5.11 Å². The van der Waals surface area contributed by atoms with Gasteiger partial charge in [0, 0.05) is 16.9 Å². The second kappa shape index (κ2) is 5.77. The summed E-state index contributed by atoms with van der Waals surface area (Å²) in [4.78, 5) is 10.9. The van der Waals surface area contributed by atoms with Crippen molar-refractivity contribution in [3.8, 4) is 0 Å². The predicted molar refractivity (Wildman–Crippen MR) is 66.5 cm³/mol. The van der Waals surface area contributed by atoms with E-state index in [-0.39, 0.29) is 4.92 Å². The highest BCUT2D eigenvalue weighted by atomic mass is 16.6. The molecule has 0 spiro atoms. The molecule has 1 aromatic carbocycles. The van der Waals surface area contributed by atoms with E-state index in [0.29, 0.717) is 12.0 Å². The van der Waals surface area contributed by atoms with E-state index < -0.39 is 12.1 Å². The van der Waals surface area contributed by atoms with Crippen LogP contribution in [0.25, 0.3) is 0 Å². The highest BCUT2D eigenvalue weighted by Gasteiger charge is 2.43. The minimum absolute atomic E-state index is 0.354. The Bertz CT molecular complexity index is 375. The van der Waals surface area contributed by atoms with Crippen LogP contribution in [-0.2, 0) is 5.54 Å². The summed E-state index contributed by atoms with van der Waals surface area (Å²) in [5.41, 5.74) is 0.299. The van der Waals surface area contributed by atoms with Crippen molar-refractivity contribution in [2.75, 3.05) is 6.61 Å². The first-order valence-corrected chi connectivity index (χ1v) is 5.89. The van der Waals surface area contributed by atoms with Crippen molar-refractivity contribution < 1.29 is 10.0 Å². The maximum absolute atomic E-state index is 11.3. The first-order valence-electron chi connectivity index (χ1n) is 5.89. The average Bonchev–Trinajstić information content (AvgIpc) is 2.32. The number of unbranched alkanes of at least 4 members (excludes halogenated alkanes) is 1. The first-order chi connectivity index (χ1) is 8.06.